The van der Waals surface area contributed by atoms with Crippen LogP contribution in [0.1, 0.15) is 26.7 Å². The van der Waals surface area contributed by atoms with Crippen molar-refractivity contribution in [1.29, 1.82) is 0 Å². The molecule has 0 aromatic rings. The smallest absolute Gasteiger partial charge is 0.0220 e. The van der Waals surface area contributed by atoms with Crippen molar-refractivity contribution in [3.63, 3.8) is 0 Å². The van der Waals surface area contributed by atoms with Gasteiger partial charge >= 0.3 is 0 Å². The Morgan fingerprint density at radius 2 is 1.85 bits per heavy atom. The summed E-state index contributed by atoms with van der Waals surface area (Å²) in [4.78, 5) is 8.95. The highest BCUT2D eigenvalue weighted by Crippen LogP contribution is 2.23. The molecule has 0 aliphatic rings. The first-order valence-electron chi connectivity index (χ1n) is 4.99. The van der Waals surface area contributed by atoms with Gasteiger partial charge in [-0.3, -0.25) is 0 Å². The van der Waals surface area contributed by atoms with E-state index in [0.717, 1.165) is 32.2 Å². The van der Waals surface area contributed by atoms with Crippen LogP contribution >= 0.6 is 8.15 Å². The van der Waals surface area contributed by atoms with Gasteiger partial charge < -0.3 is 15.9 Å². The quantitative estimate of drug-likeness (QED) is 0.456. The Morgan fingerprint density at radius 1 is 1.31 bits per heavy atom. The maximum atomic E-state index is 8.95. The van der Waals surface area contributed by atoms with Crippen LogP contribution in [-0.2, 0) is 0 Å². The van der Waals surface area contributed by atoms with E-state index in [-0.39, 0.29) is 0 Å². The molecule has 0 bridgehead atoms. The normalized spacial score (nSPS) is 11.8. The van der Waals surface area contributed by atoms with Crippen LogP contribution in [0.3, 0.4) is 0 Å². The van der Waals surface area contributed by atoms with E-state index in [2.05, 4.69) is 12.2 Å². The van der Waals surface area contributed by atoms with Gasteiger partial charge in [0.1, 0.15) is 0 Å². The minimum atomic E-state index is -0.661. The van der Waals surface area contributed by atoms with Crippen molar-refractivity contribution in [3.05, 3.63) is 0 Å². The second kappa shape index (κ2) is 14.8. The van der Waals surface area contributed by atoms with Crippen LogP contribution in [0.25, 0.3) is 0 Å². The highest BCUT2D eigenvalue weighted by Gasteiger charge is 1.93. The van der Waals surface area contributed by atoms with E-state index in [4.69, 9.17) is 10.6 Å². The van der Waals surface area contributed by atoms with Crippen molar-refractivity contribution >= 4 is 8.15 Å². The van der Waals surface area contributed by atoms with E-state index in [1.165, 1.54) is 6.42 Å². The zero-order chi connectivity index (χ0) is 10.5. The fourth-order valence-electron chi connectivity index (χ4n) is 0.735. The number of nitrogens with one attached hydrogen (secondary N) is 1. The lowest BCUT2D eigenvalue weighted by Gasteiger charge is -2.03. The SMILES string of the molecule is CCCNCCCP(C)O.CCN. The zero-order valence-electron chi connectivity index (χ0n) is 9.21. The molecule has 0 heterocycles. The molecule has 3 nitrogen and oxygen atoms in total. The lowest BCUT2D eigenvalue weighted by molar-refractivity contribution is 0.615. The summed E-state index contributed by atoms with van der Waals surface area (Å²) in [5.41, 5.74) is 4.85. The van der Waals surface area contributed by atoms with Gasteiger partial charge in [0.15, 0.2) is 0 Å². The van der Waals surface area contributed by atoms with E-state index < -0.39 is 8.15 Å². The predicted molar refractivity (Wildman–Crippen MR) is 62.4 cm³/mol. The van der Waals surface area contributed by atoms with Crippen molar-refractivity contribution in [2.24, 2.45) is 5.73 Å². The molecule has 13 heavy (non-hydrogen) atoms. The summed E-state index contributed by atoms with van der Waals surface area (Å²) < 4.78 is 0. The van der Waals surface area contributed by atoms with Crippen LogP contribution in [0, 0.1) is 0 Å². The van der Waals surface area contributed by atoms with Gasteiger partial charge in [-0.05, 0) is 45.3 Å². The largest absolute Gasteiger partial charge is 0.374 e. The summed E-state index contributed by atoms with van der Waals surface area (Å²) in [6.45, 7) is 8.87. The second-order valence-corrected chi connectivity index (χ2v) is 4.66. The minimum Gasteiger partial charge on any atom is -0.374 e. The molecule has 0 amide bonds. The predicted octanol–water partition coefficient (Wildman–Crippen LogP) is 1.36. The summed E-state index contributed by atoms with van der Waals surface area (Å²) in [5.74, 6) is 0. The highest BCUT2D eigenvalue weighted by atomic mass is 31.1. The van der Waals surface area contributed by atoms with Crippen molar-refractivity contribution in [3.8, 4) is 0 Å². The molecule has 0 aliphatic carbocycles. The van der Waals surface area contributed by atoms with E-state index >= 15 is 0 Å². The molecule has 82 valence electrons. The van der Waals surface area contributed by atoms with Crippen LogP contribution in [0.5, 0.6) is 0 Å². The van der Waals surface area contributed by atoms with Crippen LogP contribution in [0.4, 0.5) is 0 Å². The molecule has 0 fully saturated rings. The maximum absolute atomic E-state index is 8.95. The fraction of sp³-hybridized carbons (Fsp3) is 1.00. The maximum Gasteiger partial charge on any atom is 0.0220 e. The third-order valence-corrected chi connectivity index (χ3v) is 2.23. The molecule has 0 aromatic carbocycles. The fourth-order valence-corrected chi connectivity index (χ4v) is 1.35. The van der Waals surface area contributed by atoms with E-state index in [1.807, 2.05) is 13.6 Å². The third kappa shape index (κ3) is 24.5. The Hall–Kier alpha value is 0.310. The van der Waals surface area contributed by atoms with Gasteiger partial charge in [-0.25, -0.2) is 0 Å². The first-order chi connectivity index (χ1) is 6.18. The van der Waals surface area contributed by atoms with E-state index in [1.54, 1.807) is 0 Å². The molecule has 0 radical (unpaired) electrons. The van der Waals surface area contributed by atoms with Gasteiger partial charge in [0.2, 0.25) is 0 Å². The number of nitrogens with two attached hydrogens (primary N) is 1. The summed E-state index contributed by atoms with van der Waals surface area (Å²) >= 11 is 0. The Morgan fingerprint density at radius 3 is 2.23 bits per heavy atom. The van der Waals surface area contributed by atoms with E-state index in [0.29, 0.717) is 0 Å². The van der Waals surface area contributed by atoms with Crippen LogP contribution in [0.15, 0.2) is 0 Å². The topological polar surface area (TPSA) is 58.3 Å². The molecule has 1 unspecified atom stereocenters. The van der Waals surface area contributed by atoms with Gasteiger partial charge in [0.05, 0.1) is 0 Å². The van der Waals surface area contributed by atoms with Crippen molar-refractivity contribution in [2.45, 2.75) is 26.7 Å². The van der Waals surface area contributed by atoms with Gasteiger partial charge in [0.25, 0.3) is 0 Å². The standard InChI is InChI=1S/C7H18NOP.C2H7N/c1-3-5-8-6-4-7-10(2)9;1-2-3/h8-9H,3-7H2,1-2H3;2-3H2,1H3. The molecular formula is C9H25N2OP. The highest BCUT2D eigenvalue weighted by molar-refractivity contribution is 7.50. The van der Waals surface area contributed by atoms with Crippen molar-refractivity contribution < 1.29 is 4.89 Å². The third-order valence-electron chi connectivity index (χ3n) is 1.26. The monoisotopic (exact) mass is 208 g/mol. The Balaban J connectivity index is 0. The molecular weight excluding hydrogens is 183 g/mol. The van der Waals surface area contributed by atoms with Gasteiger partial charge in [0, 0.05) is 8.15 Å². The molecule has 0 saturated heterocycles. The molecule has 0 rings (SSSR count). The Bertz CT molecular complexity index is 82.0. The van der Waals surface area contributed by atoms with Gasteiger partial charge in [-0.1, -0.05) is 13.8 Å². The average Bonchev–Trinajstić information content (AvgIpc) is 2.05. The van der Waals surface area contributed by atoms with Crippen LogP contribution in [-0.4, -0.2) is 37.4 Å². The Labute approximate surface area is 83.9 Å². The van der Waals surface area contributed by atoms with E-state index in [9.17, 15) is 0 Å². The summed E-state index contributed by atoms with van der Waals surface area (Å²) in [7, 11) is -0.661. The first-order valence-corrected chi connectivity index (χ1v) is 6.92. The molecule has 0 aliphatic heterocycles. The van der Waals surface area contributed by atoms with Gasteiger partial charge in [-0.2, -0.15) is 0 Å². The zero-order valence-corrected chi connectivity index (χ0v) is 10.1. The van der Waals surface area contributed by atoms with Gasteiger partial charge in [-0.15, -0.1) is 0 Å². The summed E-state index contributed by atoms with van der Waals surface area (Å²) in [5, 5.41) is 3.29. The second-order valence-electron chi connectivity index (χ2n) is 2.89. The van der Waals surface area contributed by atoms with Crippen molar-refractivity contribution in [2.75, 3.05) is 32.5 Å². The number of rotatable bonds is 6. The first kappa shape index (κ1) is 15.8. The minimum absolute atomic E-state index is 0.661. The lowest BCUT2D eigenvalue weighted by atomic mass is 10.4. The average molecular weight is 208 g/mol. The summed E-state index contributed by atoms with van der Waals surface area (Å²) in [6.07, 6.45) is 3.28. The summed E-state index contributed by atoms with van der Waals surface area (Å²) in [6, 6.07) is 0. The van der Waals surface area contributed by atoms with Crippen molar-refractivity contribution in [1.82, 2.24) is 5.32 Å². The Kier molecular flexibility index (Phi) is 18.0. The van der Waals surface area contributed by atoms with Crippen LogP contribution < -0.4 is 11.1 Å². The lowest BCUT2D eigenvalue weighted by Crippen LogP contribution is -2.16. The molecule has 1 atom stereocenters. The number of hydrogen-bond donors (Lipinski definition) is 3. The molecule has 4 N–H and O–H groups in total. The van der Waals surface area contributed by atoms with Crippen LogP contribution in [0.2, 0.25) is 0 Å². The molecule has 0 saturated carbocycles. The molecule has 0 aromatic heterocycles. The molecule has 0 spiro atoms. The number of hydrogen-bond acceptors (Lipinski definition) is 3. The molecule has 4 heteroatoms.